The molecule has 0 unspecified atom stereocenters. The van der Waals surface area contributed by atoms with Crippen molar-refractivity contribution < 1.29 is 4.79 Å². The Balaban J connectivity index is 3.17. The Hall–Kier alpha value is -1.37. The van der Waals surface area contributed by atoms with Crippen LogP contribution in [0.4, 0.5) is 0 Å². The summed E-state index contributed by atoms with van der Waals surface area (Å²) in [5.74, 6) is 0.115. The Labute approximate surface area is 72.7 Å². The third kappa shape index (κ3) is 1.82. The molecule has 0 saturated heterocycles. The highest BCUT2D eigenvalue weighted by molar-refractivity contribution is 5.97. The maximum atomic E-state index is 11.1. The van der Waals surface area contributed by atoms with Crippen LogP contribution < -0.4 is 0 Å². The molecule has 0 aliphatic heterocycles. The maximum Gasteiger partial charge on any atom is 0.160 e. The van der Waals surface area contributed by atoms with Crippen LogP contribution in [0.25, 0.3) is 6.08 Å². The second kappa shape index (κ2) is 3.86. The summed E-state index contributed by atoms with van der Waals surface area (Å²) in [5, 5.41) is 0. The lowest BCUT2D eigenvalue weighted by Crippen LogP contribution is -1.94. The van der Waals surface area contributed by atoms with Crippen LogP contribution in [0.5, 0.6) is 0 Å². The molecule has 1 rings (SSSR count). The lowest BCUT2D eigenvalue weighted by Gasteiger charge is -1.99. The van der Waals surface area contributed by atoms with Crippen molar-refractivity contribution in [3.8, 4) is 0 Å². The van der Waals surface area contributed by atoms with Gasteiger partial charge in [-0.25, -0.2) is 0 Å². The first-order valence-corrected chi connectivity index (χ1v) is 3.98. The molecule has 0 radical (unpaired) electrons. The summed E-state index contributed by atoms with van der Waals surface area (Å²) in [5.41, 5.74) is 1.78. The van der Waals surface area contributed by atoms with Crippen LogP contribution in [0.1, 0.15) is 29.8 Å². The lowest BCUT2D eigenvalue weighted by atomic mass is 10.0. The van der Waals surface area contributed by atoms with Gasteiger partial charge in [0.15, 0.2) is 5.78 Å². The minimum atomic E-state index is 0.115. The average Bonchev–Trinajstić information content (AvgIpc) is 2.05. The van der Waals surface area contributed by atoms with Gasteiger partial charge in [0.2, 0.25) is 0 Å². The molecule has 12 heavy (non-hydrogen) atoms. The number of carbonyl (C=O) groups is 1. The molecule has 0 heterocycles. The fourth-order valence-electron chi connectivity index (χ4n) is 1.14. The molecule has 0 atom stereocenters. The third-order valence-corrected chi connectivity index (χ3v) is 1.69. The summed E-state index contributed by atoms with van der Waals surface area (Å²) in [7, 11) is 0. The quantitative estimate of drug-likeness (QED) is 0.608. The van der Waals surface area contributed by atoms with Gasteiger partial charge in [-0.05, 0) is 19.4 Å². The molecule has 0 aliphatic rings. The highest BCUT2D eigenvalue weighted by atomic mass is 16.1. The standard InChI is InChI=1S/C11H12O/c1-3-6-10-7-4-5-8-11(10)9(2)12/h3-8H,1-2H3/b6-3-. The van der Waals surface area contributed by atoms with Crippen LogP contribution in [0.2, 0.25) is 0 Å². The van der Waals surface area contributed by atoms with Crippen LogP contribution in [-0.2, 0) is 0 Å². The predicted octanol–water partition coefficient (Wildman–Crippen LogP) is 2.92. The largest absolute Gasteiger partial charge is 0.294 e. The zero-order valence-electron chi connectivity index (χ0n) is 7.37. The Bertz CT molecular complexity index is 311. The van der Waals surface area contributed by atoms with Crippen molar-refractivity contribution in [1.29, 1.82) is 0 Å². The van der Waals surface area contributed by atoms with E-state index in [-0.39, 0.29) is 5.78 Å². The van der Waals surface area contributed by atoms with Crippen LogP contribution in [0.3, 0.4) is 0 Å². The third-order valence-electron chi connectivity index (χ3n) is 1.69. The molecule has 1 aromatic carbocycles. The smallest absolute Gasteiger partial charge is 0.160 e. The first-order chi connectivity index (χ1) is 5.75. The fourth-order valence-corrected chi connectivity index (χ4v) is 1.14. The van der Waals surface area contributed by atoms with Crippen molar-refractivity contribution >= 4 is 11.9 Å². The van der Waals surface area contributed by atoms with E-state index in [1.165, 1.54) is 0 Å². The molecular formula is C11H12O. The number of Topliss-reactive ketones (excluding diaryl/α,β-unsaturated/α-hetero) is 1. The van der Waals surface area contributed by atoms with Gasteiger partial charge in [-0.1, -0.05) is 36.4 Å². The van der Waals surface area contributed by atoms with Crippen LogP contribution >= 0.6 is 0 Å². The van der Waals surface area contributed by atoms with E-state index in [4.69, 9.17) is 0 Å². The molecule has 0 N–H and O–H groups in total. The average molecular weight is 160 g/mol. The molecule has 0 fully saturated rings. The maximum absolute atomic E-state index is 11.1. The number of ketones is 1. The van der Waals surface area contributed by atoms with Gasteiger partial charge in [0.05, 0.1) is 0 Å². The Morgan fingerprint density at radius 3 is 2.58 bits per heavy atom. The zero-order valence-corrected chi connectivity index (χ0v) is 7.37. The van der Waals surface area contributed by atoms with Crippen molar-refractivity contribution in [3.63, 3.8) is 0 Å². The molecule has 1 heteroatoms. The van der Waals surface area contributed by atoms with E-state index in [9.17, 15) is 4.79 Å². The first kappa shape index (κ1) is 8.72. The van der Waals surface area contributed by atoms with Crippen molar-refractivity contribution in [2.45, 2.75) is 13.8 Å². The number of rotatable bonds is 2. The van der Waals surface area contributed by atoms with E-state index in [0.717, 1.165) is 11.1 Å². The van der Waals surface area contributed by atoms with E-state index in [0.29, 0.717) is 0 Å². The van der Waals surface area contributed by atoms with E-state index >= 15 is 0 Å². The monoisotopic (exact) mass is 160 g/mol. The molecule has 0 spiro atoms. The van der Waals surface area contributed by atoms with E-state index in [2.05, 4.69) is 0 Å². The molecule has 1 nitrogen and oxygen atoms in total. The van der Waals surface area contributed by atoms with Gasteiger partial charge in [0.25, 0.3) is 0 Å². The molecule has 0 aromatic heterocycles. The molecule has 0 bridgehead atoms. The van der Waals surface area contributed by atoms with Gasteiger partial charge in [-0.15, -0.1) is 0 Å². The molecule has 62 valence electrons. The van der Waals surface area contributed by atoms with Crippen LogP contribution in [0.15, 0.2) is 30.3 Å². The molecular weight excluding hydrogens is 148 g/mol. The van der Waals surface area contributed by atoms with Gasteiger partial charge < -0.3 is 0 Å². The van der Waals surface area contributed by atoms with Crippen molar-refractivity contribution in [2.24, 2.45) is 0 Å². The number of benzene rings is 1. The second-order valence-corrected chi connectivity index (χ2v) is 2.64. The van der Waals surface area contributed by atoms with E-state index in [1.807, 2.05) is 43.3 Å². The zero-order chi connectivity index (χ0) is 8.97. The van der Waals surface area contributed by atoms with Crippen LogP contribution in [0, 0.1) is 0 Å². The summed E-state index contributed by atoms with van der Waals surface area (Å²) in [6.07, 6.45) is 3.87. The van der Waals surface area contributed by atoms with E-state index < -0.39 is 0 Å². The van der Waals surface area contributed by atoms with Crippen molar-refractivity contribution in [2.75, 3.05) is 0 Å². The summed E-state index contributed by atoms with van der Waals surface area (Å²) < 4.78 is 0. The van der Waals surface area contributed by atoms with E-state index in [1.54, 1.807) is 6.92 Å². The van der Waals surface area contributed by atoms with Gasteiger partial charge in [0.1, 0.15) is 0 Å². The first-order valence-electron chi connectivity index (χ1n) is 3.98. The minimum absolute atomic E-state index is 0.115. The number of carbonyl (C=O) groups excluding carboxylic acids is 1. The Morgan fingerprint density at radius 2 is 2.00 bits per heavy atom. The van der Waals surface area contributed by atoms with Crippen molar-refractivity contribution in [3.05, 3.63) is 41.5 Å². The number of hydrogen-bond acceptors (Lipinski definition) is 1. The highest BCUT2D eigenvalue weighted by Crippen LogP contribution is 2.10. The predicted molar refractivity (Wildman–Crippen MR) is 51.2 cm³/mol. The van der Waals surface area contributed by atoms with Gasteiger partial charge in [0, 0.05) is 5.56 Å². The highest BCUT2D eigenvalue weighted by Gasteiger charge is 2.01. The lowest BCUT2D eigenvalue weighted by molar-refractivity contribution is 0.101. The molecule has 0 amide bonds. The van der Waals surface area contributed by atoms with Gasteiger partial charge >= 0.3 is 0 Å². The number of allylic oxidation sites excluding steroid dienone is 1. The molecule has 0 aliphatic carbocycles. The topological polar surface area (TPSA) is 17.1 Å². The summed E-state index contributed by atoms with van der Waals surface area (Å²) in [6.45, 7) is 3.53. The van der Waals surface area contributed by atoms with Crippen LogP contribution in [-0.4, -0.2) is 5.78 Å². The Morgan fingerprint density at radius 1 is 1.33 bits per heavy atom. The number of hydrogen-bond donors (Lipinski definition) is 0. The fraction of sp³-hybridized carbons (Fsp3) is 0.182. The second-order valence-electron chi connectivity index (χ2n) is 2.64. The van der Waals surface area contributed by atoms with Crippen molar-refractivity contribution in [1.82, 2.24) is 0 Å². The summed E-state index contributed by atoms with van der Waals surface area (Å²) >= 11 is 0. The normalized spacial score (nSPS) is 10.5. The minimum Gasteiger partial charge on any atom is -0.294 e. The SMILES string of the molecule is C/C=C\c1ccccc1C(C)=O. The summed E-state index contributed by atoms with van der Waals surface area (Å²) in [6, 6.07) is 7.60. The van der Waals surface area contributed by atoms with Gasteiger partial charge in [-0.2, -0.15) is 0 Å². The van der Waals surface area contributed by atoms with Gasteiger partial charge in [-0.3, -0.25) is 4.79 Å². The Kier molecular flexibility index (Phi) is 2.81. The molecule has 0 saturated carbocycles. The summed E-state index contributed by atoms with van der Waals surface area (Å²) in [4.78, 5) is 11.1. The molecule has 1 aromatic rings.